The molecule has 3 N–H and O–H groups in total. The fourth-order valence-corrected chi connectivity index (χ4v) is 6.09. The minimum absolute atomic E-state index is 0. The van der Waals surface area contributed by atoms with Gasteiger partial charge in [0.2, 0.25) is 11.9 Å². The first-order chi connectivity index (χ1) is 18.3. The molecule has 0 spiro atoms. The SMILES string of the molecule is Cn1nc(C(F)F)cc1Nc1nncn1[C@H]1CCc2sc(NC(=O)[C@H]3C[C@H]3F)c(C(=O)NCC3CC3)c2C1.[HH]. The van der Waals surface area contributed by atoms with Crippen molar-refractivity contribution in [3.8, 4) is 0 Å². The number of anilines is 3. The summed E-state index contributed by atoms with van der Waals surface area (Å²) in [4.78, 5) is 26.9. The quantitative estimate of drug-likeness (QED) is 0.368. The number of thiophene rings is 1. The summed E-state index contributed by atoms with van der Waals surface area (Å²) in [5.41, 5.74) is 0.946. The van der Waals surface area contributed by atoms with Crippen LogP contribution in [0.15, 0.2) is 12.4 Å². The van der Waals surface area contributed by atoms with Crippen LogP contribution in [0.5, 0.6) is 0 Å². The van der Waals surface area contributed by atoms with Gasteiger partial charge in [-0.15, -0.1) is 21.5 Å². The second-order valence-electron chi connectivity index (χ2n) is 10.2. The number of hydrogen-bond acceptors (Lipinski definition) is 7. The monoisotopic (exact) mass is 550 g/mol. The number of aromatic nitrogens is 5. The highest BCUT2D eigenvalue weighted by Gasteiger charge is 2.44. The minimum atomic E-state index is -2.69. The number of carbonyl (C=O) groups excluding carboxylic acids is 2. The van der Waals surface area contributed by atoms with Gasteiger partial charge in [-0.3, -0.25) is 18.8 Å². The molecule has 2 amide bonds. The number of amides is 2. The van der Waals surface area contributed by atoms with Gasteiger partial charge in [0.25, 0.3) is 12.3 Å². The molecule has 6 rings (SSSR count). The van der Waals surface area contributed by atoms with E-state index in [9.17, 15) is 22.8 Å². The molecule has 2 fully saturated rings. The summed E-state index contributed by atoms with van der Waals surface area (Å²) in [5.74, 6) is -0.0943. The fourth-order valence-electron chi connectivity index (χ4n) is 4.85. The Balaban J connectivity index is 0.00000308. The molecule has 38 heavy (non-hydrogen) atoms. The van der Waals surface area contributed by atoms with Crippen LogP contribution in [0.4, 0.5) is 29.9 Å². The molecular weight excluding hydrogens is 521 g/mol. The van der Waals surface area contributed by atoms with Crippen LogP contribution in [0.2, 0.25) is 0 Å². The van der Waals surface area contributed by atoms with Gasteiger partial charge in [-0.2, -0.15) is 5.10 Å². The fraction of sp³-hybridized carbons (Fsp3) is 0.542. The molecule has 14 heteroatoms. The number of rotatable bonds is 9. The van der Waals surface area contributed by atoms with E-state index in [1.54, 1.807) is 13.4 Å². The van der Waals surface area contributed by atoms with Crippen molar-refractivity contribution in [2.45, 2.75) is 57.2 Å². The van der Waals surface area contributed by atoms with Crippen LogP contribution in [0.25, 0.3) is 0 Å². The molecule has 3 aliphatic rings. The molecule has 3 aromatic heterocycles. The van der Waals surface area contributed by atoms with Gasteiger partial charge in [0, 0.05) is 32.0 Å². The summed E-state index contributed by atoms with van der Waals surface area (Å²) in [6.07, 6.45) is 2.01. The third-order valence-corrected chi connectivity index (χ3v) is 8.53. The molecule has 0 aliphatic heterocycles. The lowest BCUT2D eigenvalue weighted by Gasteiger charge is -2.25. The molecule has 0 radical (unpaired) electrons. The van der Waals surface area contributed by atoms with Gasteiger partial charge in [0.15, 0.2) is 0 Å². The maximum absolute atomic E-state index is 13.5. The lowest BCUT2D eigenvalue weighted by Crippen LogP contribution is -2.29. The predicted molar refractivity (Wildman–Crippen MR) is 136 cm³/mol. The van der Waals surface area contributed by atoms with E-state index in [0.717, 1.165) is 29.7 Å². The van der Waals surface area contributed by atoms with Crippen LogP contribution >= 0.6 is 11.3 Å². The zero-order chi connectivity index (χ0) is 26.6. The standard InChI is InChI=1S/C24H27F3N8O2S.H2/c1-34-18(8-16(33-34)20(26)27)30-24-32-29-10-35(24)12-4-5-17-14(6-12)19(22(37)28-9-11-2-3-11)23(38-17)31-21(36)13-7-15(13)25;/h8,10-13,15,20H,2-7,9H2,1H3,(H,28,37)(H,30,32)(H,31,36);1H/t12-,13-,15+;/m0./s1. The smallest absolute Gasteiger partial charge is 0.282 e. The van der Waals surface area contributed by atoms with E-state index < -0.39 is 24.4 Å². The Hall–Kier alpha value is -3.42. The first-order valence-corrected chi connectivity index (χ1v) is 13.5. The zero-order valence-electron chi connectivity index (χ0n) is 20.6. The first kappa shape index (κ1) is 24.9. The lowest BCUT2D eigenvalue weighted by molar-refractivity contribution is -0.117. The predicted octanol–water partition coefficient (Wildman–Crippen LogP) is 4.17. The van der Waals surface area contributed by atoms with Gasteiger partial charge < -0.3 is 16.0 Å². The summed E-state index contributed by atoms with van der Waals surface area (Å²) in [6, 6.07) is 1.15. The molecule has 3 heterocycles. The molecule has 0 saturated heterocycles. The summed E-state index contributed by atoms with van der Waals surface area (Å²) < 4.78 is 42.8. The third-order valence-electron chi connectivity index (χ3n) is 7.33. The largest absolute Gasteiger partial charge is 0.352 e. The van der Waals surface area contributed by atoms with E-state index >= 15 is 0 Å². The van der Waals surface area contributed by atoms with Crippen LogP contribution in [-0.4, -0.2) is 49.1 Å². The molecule has 0 aromatic carbocycles. The molecular formula is C24H29F3N8O2S. The maximum atomic E-state index is 13.5. The highest BCUT2D eigenvalue weighted by Crippen LogP contribution is 2.43. The van der Waals surface area contributed by atoms with E-state index in [4.69, 9.17) is 0 Å². The normalized spacial score (nSPS) is 22.3. The number of hydrogen-bond donors (Lipinski definition) is 3. The van der Waals surface area contributed by atoms with E-state index in [-0.39, 0.29) is 25.5 Å². The minimum Gasteiger partial charge on any atom is -0.352 e. The molecule has 3 aromatic rings. The van der Waals surface area contributed by atoms with Crippen LogP contribution in [0, 0.1) is 11.8 Å². The van der Waals surface area contributed by atoms with Gasteiger partial charge in [-0.1, -0.05) is 0 Å². The summed E-state index contributed by atoms with van der Waals surface area (Å²) in [5, 5.41) is 21.3. The Kier molecular flexibility index (Phi) is 6.36. The van der Waals surface area contributed by atoms with Crippen molar-refractivity contribution in [1.29, 1.82) is 0 Å². The highest BCUT2D eigenvalue weighted by atomic mass is 32.1. The number of nitrogens with zero attached hydrogens (tertiary/aromatic N) is 5. The number of halogens is 3. The second-order valence-corrected chi connectivity index (χ2v) is 11.3. The van der Waals surface area contributed by atoms with Gasteiger partial charge in [-0.05, 0) is 50.0 Å². The Labute approximate surface area is 221 Å². The van der Waals surface area contributed by atoms with Crippen molar-refractivity contribution in [2.24, 2.45) is 18.9 Å². The Bertz CT molecular complexity index is 1390. The average molecular weight is 551 g/mol. The van der Waals surface area contributed by atoms with Gasteiger partial charge >= 0.3 is 0 Å². The third kappa shape index (κ3) is 4.88. The second kappa shape index (κ2) is 9.71. The molecule has 0 bridgehead atoms. The van der Waals surface area contributed by atoms with Crippen molar-refractivity contribution in [1.82, 2.24) is 29.9 Å². The number of aryl methyl sites for hydroxylation is 2. The molecule has 0 unspecified atom stereocenters. The number of alkyl halides is 3. The van der Waals surface area contributed by atoms with Gasteiger partial charge in [0.1, 0.15) is 29.0 Å². The Morgan fingerprint density at radius 1 is 1.29 bits per heavy atom. The Morgan fingerprint density at radius 2 is 2.08 bits per heavy atom. The first-order valence-electron chi connectivity index (χ1n) is 12.6. The molecule has 3 atom stereocenters. The van der Waals surface area contributed by atoms with Crippen molar-refractivity contribution in [3.05, 3.63) is 34.1 Å². The van der Waals surface area contributed by atoms with Crippen molar-refractivity contribution in [3.63, 3.8) is 0 Å². The Morgan fingerprint density at radius 3 is 2.76 bits per heavy atom. The van der Waals surface area contributed by atoms with E-state index in [0.29, 0.717) is 47.6 Å². The van der Waals surface area contributed by atoms with E-state index in [1.807, 2.05) is 4.57 Å². The number of fused-ring (bicyclic) bond motifs is 1. The topological polar surface area (TPSA) is 119 Å². The van der Waals surface area contributed by atoms with E-state index in [2.05, 4.69) is 31.2 Å². The van der Waals surface area contributed by atoms with Crippen LogP contribution < -0.4 is 16.0 Å². The van der Waals surface area contributed by atoms with E-state index in [1.165, 1.54) is 22.1 Å². The number of nitrogens with one attached hydrogen (secondary N) is 3. The zero-order valence-corrected chi connectivity index (χ0v) is 21.4. The number of carbonyl (C=O) groups is 2. The van der Waals surface area contributed by atoms with Crippen LogP contribution in [-0.2, 0) is 24.7 Å². The van der Waals surface area contributed by atoms with Gasteiger partial charge in [-0.25, -0.2) is 13.2 Å². The van der Waals surface area contributed by atoms with Crippen molar-refractivity contribution < 1.29 is 24.2 Å². The van der Waals surface area contributed by atoms with Crippen LogP contribution in [0.3, 0.4) is 0 Å². The molecule has 204 valence electrons. The molecule has 3 aliphatic carbocycles. The van der Waals surface area contributed by atoms with Gasteiger partial charge in [0.05, 0.1) is 11.5 Å². The highest BCUT2D eigenvalue weighted by molar-refractivity contribution is 7.17. The van der Waals surface area contributed by atoms with Crippen molar-refractivity contribution >= 4 is 39.9 Å². The summed E-state index contributed by atoms with van der Waals surface area (Å²) in [6.45, 7) is 0.584. The average Bonchev–Trinajstić information content (AvgIpc) is 3.72. The maximum Gasteiger partial charge on any atom is 0.282 e. The van der Waals surface area contributed by atoms with Crippen molar-refractivity contribution in [2.75, 3.05) is 17.2 Å². The van der Waals surface area contributed by atoms with Crippen LogP contribution in [0.1, 0.15) is 66.1 Å². The molecule has 10 nitrogen and oxygen atoms in total. The summed E-state index contributed by atoms with van der Waals surface area (Å²) in [7, 11) is 1.56. The summed E-state index contributed by atoms with van der Waals surface area (Å²) >= 11 is 1.37. The lowest BCUT2D eigenvalue weighted by atomic mass is 9.91. The molecule has 2 saturated carbocycles.